The molecule has 0 aromatic heterocycles. The highest BCUT2D eigenvalue weighted by atomic mass is 32.2. The molecule has 0 heterocycles. The Bertz CT molecular complexity index is 789. The summed E-state index contributed by atoms with van der Waals surface area (Å²) < 4.78 is 0. The molecule has 3 rings (SSSR count). The van der Waals surface area contributed by atoms with Crippen LogP contribution in [0.4, 0.5) is 0 Å². The number of benzene rings is 2. The number of hydrogen-bond acceptors (Lipinski definition) is 4. The second-order valence-electron chi connectivity index (χ2n) is 5.55. The number of hydrazine groups is 1. The Morgan fingerprint density at radius 2 is 1.71 bits per heavy atom. The molecule has 0 saturated heterocycles. The molecular formula is C17H17N3O3S. The molecule has 1 saturated carbocycles. The van der Waals surface area contributed by atoms with Crippen LogP contribution in [0.15, 0.2) is 47.4 Å². The lowest BCUT2D eigenvalue weighted by atomic mass is 10.1. The minimum atomic E-state index is -0.856. The van der Waals surface area contributed by atoms with Gasteiger partial charge in [-0.3, -0.25) is 25.2 Å². The van der Waals surface area contributed by atoms with Crippen molar-refractivity contribution in [2.75, 3.05) is 5.75 Å². The molecule has 1 fully saturated rings. The van der Waals surface area contributed by atoms with E-state index < -0.39 is 11.8 Å². The maximum absolute atomic E-state index is 11.8. The summed E-state index contributed by atoms with van der Waals surface area (Å²) in [5.41, 5.74) is 4.36. The van der Waals surface area contributed by atoms with Gasteiger partial charge in [0.05, 0.1) is 5.75 Å². The van der Waals surface area contributed by atoms with Crippen molar-refractivity contribution in [3.63, 3.8) is 0 Å². The smallest absolute Gasteiger partial charge is 0.327 e. The number of rotatable bonds is 4. The second kappa shape index (κ2) is 7.35. The standard InChI is InChI=1S/C17H17N3O3S/c21-15(19-20-17(23)16(22)18-13-6-7-13)10-24-14-8-5-11-3-1-2-4-12(11)9-14/h1-5,8-9,13H,6-7,10H2,(H,18,22)(H,19,21)(H,20,23). The van der Waals surface area contributed by atoms with E-state index in [2.05, 4.69) is 16.2 Å². The fourth-order valence-electron chi connectivity index (χ4n) is 2.10. The summed E-state index contributed by atoms with van der Waals surface area (Å²) in [6, 6.07) is 14.0. The van der Waals surface area contributed by atoms with Crippen LogP contribution in [0.2, 0.25) is 0 Å². The van der Waals surface area contributed by atoms with Gasteiger partial charge < -0.3 is 5.32 Å². The van der Waals surface area contributed by atoms with E-state index in [4.69, 9.17) is 0 Å². The first-order chi connectivity index (χ1) is 11.6. The van der Waals surface area contributed by atoms with Crippen molar-refractivity contribution in [2.45, 2.75) is 23.8 Å². The maximum atomic E-state index is 11.8. The number of thioether (sulfide) groups is 1. The van der Waals surface area contributed by atoms with Crippen molar-refractivity contribution >= 4 is 40.3 Å². The predicted octanol–water partition coefficient (Wildman–Crippen LogP) is 1.36. The van der Waals surface area contributed by atoms with Crippen molar-refractivity contribution < 1.29 is 14.4 Å². The molecule has 2 aromatic carbocycles. The summed E-state index contributed by atoms with van der Waals surface area (Å²) in [5, 5.41) is 4.79. The third kappa shape index (κ3) is 4.48. The first kappa shape index (κ1) is 16.3. The molecule has 3 N–H and O–H groups in total. The summed E-state index contributed by atoms with van der Waals surface area (Å²) in [7, 11) is 0. The first-order valence-electron chi connectivity index (χ1n) is 7.63. The van der Waals surface area contributed by atoms with E-state index in [9.17, 15) is 14.4 Å². The van der Waals surface area contributed by atoms with Crippen LogP contribution in [-0.2, 0) is 14.4 Å². The maximum Gasteiger partial charge on any atom is 0.327 e. The van der Waals surface area contributed by atoms with Crippen LogP contribution in [0.5, 0.6) is 0 Å². The van der Waals surface area contributed by atoms with Gasteiger partial charge in [-0.15, -0.1) is 11.8 Å². The lowest BCUT2D eigenvalue weighted by Gasteiger charge is -2.07. The van der Waals surface area contributed by atoms with Gasteiger partial charge in [0, 0.05) is 10.9 Å². The van der Waals surface area contributed by atoms with E-state index in [1.165, 1.54) is 11.8 Å². The van der Waals surface area contributed by atoms with Gasteiger partial charge in [0.1, 0.15) is 0 Å². The van der Waals surface area contributed by atoms with Crippen LogP contribution in [-0.4, -0.2) is 29.5 Å². The molecular weight excluding hydrogens is 326 g/mol. The first-order valence-corrected chi connectivity index (χ1v) is 8.61. The number of amides is 3. The monoisotopic (exact) mass is 343 g/mol. The lowest BCUT2D eigenvalue weighted by Crippen LogP contribution is -2.49. The zero-order valence-corrected chi connectivity index (χ0v) is 13.7. The van der Waals surface area contributed by atoms with E-state index >= 15 is 0 Å². The van der Waals surface area contributed by atoms with Crippen LogP contribution in [0.25, 0.3) is 10.8 Å². The average molecular weight is 343 g/mol. The van der Waals surface area contributed by atoms with E-state index in [0.29, 0.717) is 0 Å². The van der Waals surface area contributed by atoms with Gasteiger partial charge >= 0.3 is 11.8 Å². The lowest BCUT2D eigenvalue weighted by molar-refractivity contribution is -0.140. The van der Waals surface area contributed by atoms with E-state index in [1.807, 2.05) is 42.5 Å². The van der Waals surface area contributed by atoms with Crippen LogP contribution in [0, 0.1) is 0 Å². The highest BCUT2D eigenvalue weighted by molar-refractivity contribution is 8.00. The molecule has 0 unspecified atom stereocenters. The second-order valence-corrected chi connectivity index (χ2v) is 6.60. The highest BCUT2D eigenvalue weighted by Gasteiger charge is 2.26. The van der Waals surface area contributed by atoms with Gasteiger partial charge in [-0.05, 0) is 35.7 Å². The zero-order chi connectivity index (χ0) is 16.9. The summed E-state index contributed by atoms with van der Waals surface area (Å²) in [5.74, 6) is -1.81. The van der Waals surface area contributed by atoms with Gasteiger partial charge in [0.15, 0.2) is 0 Å². The molecule has 1 aliphatic carbocycles. The molecule has 1 aliphatic rings. The molecule has 0 spiro atoms. The molecule has 24 heavy (non-hydrogen) atoms. The average Bonchev–Trinajstić information content (AvgIpc) is 3.41. The number of nitrogens with one attached hydrogen (secondary N) is 3. The molecule has 7 heteroatoms. The SMILES string of the molecule is O=C(CSc1ccc2ccccc2c1)NNC(=O)C(=O)NC1CC1. The molecule has 0 aliphatic heterocycles. The minimum Gasteiger partial charge on any atom is -0.345 e. The van der Waals surface area contributed by atoms with Gasteiger partial charge in [0.2, 0.25) is 5.91 Å². The number of carbonyl (C=O) groups excluding carboxylic acids is 3. The molecule has 2 aromatic rings. The van der Waals surface area contributed by atoms with E-state index in [0.717, 1.165) is 28.5 Å². The van der Waals surface area contributed by atoms with E-state index in [-0.39, 0.29) is 17.7 Å². The Labute approximate surface area is 143 Å². The number of carbonyl (C=O) groups is 3. The van der Waals surface area contributed by atoms with Crippen molar-refractivity contribution in [1.29, 1.82) is 0 Å². The third-order valence-corrected chi connectivity index (χ3v) is 4.52. The summed E-state index contributed by atoms with van der Waals surface area (Å²) >= 11 is 1.36. The molecule has 0 radical (unpaired) electrons. The van der Waals surface area contributed by atoms with Crippen LogP contribution in [0.1, 0.15) is 12.8 Å². The zero-order valence-electron chi connectivity index (χ0n) is 12.9. The Kier molecular flexibility index (Phi) is 5.00. The fraction of sp³-hybridized carbons (Fsp3) is 0.235. The largest absolute Gasteiger partial charge is 0.345 e. The van der Waals surface area contributed by atoms with Gasteiger partial charge in [-0.1, -0.05) is 30.3 Å². The van der Waals surface area contributed by atoms with E-state index in [1.54, 1.807) is 0 Å². The Morgan fingerprint density at radius 1 is 0.958 bits per heavy atom. The van der Waals surface area contributed by atoms with Crippen molar-refractivity contribution in [3.8, 4) is 0 Å². The molecule has 0 bridgehead atoms. The number of hydrogen-bond donors (Lipinski definition) is 3. The summed E-state index contributed by atoms with van der Waals surface area (Å²) in [6.45, 7) is 0. The Balaban J connectivity index is 1.44. The van der Waals surface area contributed by atoms with Crippen LogP contribution in [0.3, 0.4) is 0 Å². The van der Waals surface area contributed by atoms with Crippen molar-refractivity contribution in [1.82, 2.24) is 16.2 Å². The molecule has 0 atom stereocenters. The third-order valence-electron chi connectivity index (χ3n) is 3.53. The quantitative estimate of drug-likeness (QED) is 0.444. The summed E-state index contributed by atoms with van der Waals surface area (Å²) in [4.78, 5) is 35.6. The normalized spacial score (nSPS) is 13.3. The van der Waals surface area contributed by atoms with Crippen LogP contribution < -0.4 is 16.2 Å². The van der Waals surface area contributed by atoms with Gasteiger partial charge in [-0.25, -0.2) is 0 Å². The molecule has 124 valence electrons. The predicted molar refractivity (Wildman–Crippen MR) is 92.1 cm³/mol. The van der Waals surface area contributed by atoms with Crippen LogP contribution >= 0.6 is 11.8 Å². The van der Waals surface area contributed by atoms with Gasteiger partial charge in [0.25, 0.3) is 0 Å². The Hall–Kier alpha value is -2.54. The molecule has 3 amide bonds. The molecule has 6 nitrogen and oxygen atoms in total. The van der Waals surface area contributed by atoms with Gasteiger partial charge in [-0.2, -0.15) is 0 Å². The van der Waals surface area contributed by atoms with Crippen molar-refractivity contribution in [3.05, 3.63) is 42.5 Å². The highest BCUT2D eigenvalue weighted by Crippen LogP contribution is 2.23. The Morgan fingerprint density at radius 3 is 2.46 bits per heavy atom. The summed E-state index contributed by atoms with van der Waals surface area (Å²) in [6.07, 6.45) is 1.79. The minimum absolute atomic E-state index is 0.0995. The topological polar surface area (TPSA) is 87.3 Å². The fourth-order valence-corrected chi connectivity index (χ4v) is 2.85. The number of fused-ring (bicyclic) bond motifs is 1. The van der Waals surface area contributed by atoms with Crippen molar-refractivity contribution in [2.24, 2.45) is 0 Å².